The number of hydrogen-bond donors (Lipinski definition) is 2. The number of carboxylic acids is 1. The number of aliphatic carboxylic acids is 1. The molecule has 5 nitrogen and oxygen atoms in total. The summed E-state index contributed by atoms with van der Waals surface area (Å²) in [6.45, 7) is 0.595. The van der Waals surface area contributed by atoms with Crippen molar-refractivity contribution < 1.29 is 14.7 Å². The van der Waals surface area contributed by atoms with E-state index in [9.17, 15) is 9.59 Å². The van der Waals surface area contributed by atoms with Gasteiger partial charge >= 0.3 is 5.97 Å². The van der Waals surface area contributed by atoms with Gasteiger partial charge in [0.05, 0.1) is 6.42 Å². The van der Waals surface area contributed by atoms with E-state index in [1.54, 1.807) is 4.90 Å². The number of rotatable bonds is 4. The highest BCUT2D eigenvalue weighted by molar-refractivity contribution is 5.84. The molecule has 1 aromatic carbocycles. The van der Waals surface area contributed by atoms with Gasteiger partial charge in [-0.1, -0.05) is 30.3 Å². The van der Waals surface area contributed by atoms with E-state index < -0.39 is 12.0 Å². The van der Waals surface area contributed by atoms with Gasteiger partial charge in [-0.15, -0.1) is 0 Å². The lowest BCUT2D eigenvalue weighted by molar-refractivity contribution is -0.140. The average molecular weight is 262 g/mol. The number of carboxylic acid groups (broad SMARTS) is 1. The van der Waals surface area contributed by atoms with Crippen LogP contribution in [0.3, 0.4) is 0 Å². The van der Waals surface area contributed by atoms with Gasteiger partial charge in [0.25, 0.3) is 0 Å². The maximum absolute atomic E-state index is 12.3. The second-order valence-corrected chi connectivity index (χ2v) is 4.81. The van der Waals surface area contributed by atoms with E-state index in [1.165, 1.54) is 0 Å². The van der Waals surface area contributed by atoms with E-state index in [1.807, 2.05) is 30.3 Å². The molecule has 0 aromatic heterocycles. The summed E-state index contributed by atoms with van der Waals surface area (Å²) in [6, 6.07) is 8.22. The first-order chi connectivity index (χ1) is 9.09. The molecule has 1 saturated heterocycles. The maximum atomic E-state index is 12.3. The molecule has 1 aliphatic rings. The summed E-state index contributed by atoms with van der Waals surface area (Å²) >= 11 is 0. The summed E-state index contributed by atoms with van der Waals surface area (Å²) in [5.41, 5.74) is 6.73. The van der Waals surface area contributed by atoms with Crippen LogP contribution in [-0.4, -0.2) is 34.5 Å². The Bertz CT molecular complexity index is 461. The number of carbonyl (C=O) groups is 2. The molecule has 1 heterocycles. The molecule has 1 fully saturated rings. The molecule has 2 unspecified atom stereocenters. The van der Waals surface area contributed by atoms with Crippen molar-refractivity contribution in [2.24, 2.45) is 5.73 Å². The van der Waals surface area contributed by atoms with Crippen LogP contribution in [0, 0.1) is 0 Å². The highest BCUT2D eigenvalue weighted by Gasteiger charge is 2.33. The van der Waals surface area contributed by atoms with Gasteiger partial charge in [-0.25, -0.2) is 0 Å². The van der Waals surface area contributed by atoms with Crippen LogP contribution in [-0.2, 0) is 9.59 Å². The van der Waals surface area contributed by atoms with Crippen LogP contribution in [0.4, 0.5) is 0 Å². The molecule has 0 spiro atoms. The number of likely N-dealkylation sites (tertiary alicyclic amines) is 1. The smallest absolute Gasteiger partial charge is 0.305 e. The Morgan fingerprint density at radius 1 is 1.37 bits per heavy atom. The minimum Gasteiger partial charge on any atom is -0.481 e. The zero-order valence-corrected chi connectivity index (χ0v) is 10.7. The lowest BCUT2D eigenvalue weighted by Crippen LogP contribution is -2.42. The Labute approximate surface area is 112 Å². The Morgan fingerprint density at radius 2 is 2.05 bits per heavy atom. The monoisotopic (exact) mass is 262 g/mol. The molecule has 0 radical (unpaired) electrons. The van der Waals surface area contributed by atoms with Crippen molar-refractivity contribution in [3.05, 3.63) is 35.9 Å². The number of hydrogen-bond acceptors (Lipinski definition) is 3. The summed E-state index contributed by atoms with van der Waals surface area (Å²) in [4.78, 5) is 24.8. The van der Waals surface area contributed by atoms with Gasteiger partial charge in [-0.05, 0) is 18.4 Å². The third kappa shape index (κ3) is 3.12. The van der Waals surface area contributed by atoms with Gasteiger partial charge in [-0.2, -0.15) is 0 Å². The molecule has 0 aliphatic carbocycles. The Hall–Kier alpha value is -1.88. The van der Waals surface area contributed by atoms with Crippen LogP contribution in [0.2, 0.25) is 0 Å². The van der Waals surface area contributed by atoms with E-state index >= 15 is 0 Å². The molecule has 0 saturated carbocycles. The molecular weight excluding hydrogens is 244 g/mol. The standard InChI is InChI=1S/C14H18N2O3/c15-13(10-5-2-1-3-6-10)14(19)16-8-4-7-11(16)9-12(17)18/h1-3,5-6,11,13H,4,7-9,15H2,(H,17,18). The lowest BCUT2D eigenvalue weighted by Gasteiger charge is -2.26. The van der Waals surface area contributed by atoms with Crippen molar-refractivity contribution in [1.29, 1.82) is 0 Å². The van der Waals surface area contributed by atoms with Crippen molar-refractivity contribution in [3.63, 3.8) is 0 Å². The summed E-state index contributed by atoms with van der Waals surface area (Å²) in [5.74, 6) is -1.06. The van der Waals surface area contributed by atoms with Crippen molar-refractivity contribution in [2.45, 2.75) is 31.3 Å². The molecule has 1 amide bonds. The van der Waals surface area contributed by atoms with Crippen LogP contribution in [0.25, 0.3) is 0 Å². The van der Waals surface area contributed by atoms with E-state index in [-0.39, 0.29) is 18.4 Å². The second kappa shape index (κ2) is 5.84. The van der Waals surface area contributed by atoms with Gasteiger partial charge in [0.1, 0.15) is 6.04 Å². The quantitative estimate of drug-likeness (QED) is 0.852. The first kappa shape index (κ1) is 13.5. The third-order valence-corrected chi connectivity index (χ3v) is 3.50. The fourth-order valence-corrected chi connectivity index (χ4v) is 2.52. The highest BCUT2D eigenvalue weighted by atomic mass is 16.4. The van der Waals surface area contributed by atoms with E-state index in [0.717, 1.165) is 18.4 Å². The van der Waals surface area contributed by atoms with E-state index in [4.69, 9.17) is 10.8 Å². The molecule has 2 rings (SSSR count). The van der Waals surface area contributed by atoms with Crippen LogP contribution in [0.1, 0.15) is 30.9 Å². The highest BCUT2D eigenvalue weighted by Crippen LogP contribution is 2.24. The second-order valence-electron chi connectivity index (χ2n) is 4.81. The molecule has 102 valence electrons. The van der Waals surface area contributed by atoms with Gasteiger partial charge < -0.3 is 15.7 Å². The van der Waals surface area contributed by atoms with Crippen molar-refractivity contribution in [2.75, 3.05) is 6.54 Å². The predicted molar refractivity (Wildman–Crippen MR) is 70.4 cm³/mol. The Kier molecular flexibility index (Phi) is 4.16. The van der Waals surface area contributed by atoms with Crippen LogP contribution in [0.15, 0.2) is 30.3 Å². The molecule has 5 heteroatoms. The molecule has 2 atom stereocenters. The fourth-order valence-electron chi connectivity index (χ4n) is 2.52. The largest absolute Gasteiger partial charge is 0.481 e. The molecule has 1 aromatic rings. The first-order valence-electron chi connectivity index (χ1n) is 6.42. The van der Waals surface area contributed by atoms with Crippen LogP contribution in [0.5, 0.6) is 0 Å². The lowest BCUT2D eigenvalue weighted by atomic mass is 10.1. The summed E-state index contributed by atoms with van der Waals surface area (Å²) in [6.07, 6.45) is 1.57. The fraction of sp³-hybridized carbons (Fsp3) is 0.429. The van der Waals surface area contributed by atoms with Gasteiger partial charge in [0.2, 0.25) is 5.91 Å². The number of benzene rings is 1. The maximum Gasteiger partial charge on any atom is 0.305 e. The number of nitrogens with two attached hydrogens (primary N) is 1. The Balaban J connectivity index is 2.08. The number of nitrogens with zero attached hydrogens (tertiary/aromatic N) is 1. The van der Waals surface area contributed by atoms with Gasteiger partial charge in [-0.3, -0.25) is 9.59 Å². The molecule has 19 heavy (non-hydrogen) atoms. The number of carbonyl (C=O) groups excluding carboxylic acids is 1. The topological polar surface area (TPSA) is 83.6 Å². The van der Waals surface area contributed by atoms with E-state index in [0.29, 0.717) is 6.54 Å². The summed E-state index contributed by atoms with van der Waals surface area (Å²) < 4.78 is 0. The predicted octanol–water partition coefficient (Wildman–Crippen LogP) is 1.15. The van der Waals surface area contributed by atoms with E-state index in [2.05, 4.69) is 0 Å². The summed E-state index contributed by atoms with van der Waals surface area (Å²) in [7, 11) is 0. The summed E-state index contributed by atoms with van der Waals surface area (Å²) in [5, 5.41) is 8.86. The van der Waals surface area contributed by atoms with Crippen LogP contribution >= 0.6 is 0 Å². The minimum absolute atomic E-state index is 0.00670. The third-order valence-electron chi connectivity index (χ3n) is 3.50. The zero-order chi connectivity index (χ0) is 13.8. The van der Waals surface area contributed by atoms with Crippen molar-refractivity contribution in [3.8, 4) is 0 Å². The van der Waals surface area contributed by atoms with Crippen molar-refractivity contribution >= 4 is 11.9 Å². The molecule has 1 aliphatic heterocycles. The van der Waals surface area contributed by atoms with Crippen LogP contribution < -0.4 is 5.73 Å². The zero-order valence-electron chi connectivity index (χ0n) is 10.7. The molecular formula is C14H18N2O3. The normalized spacial score (nSPS) is 20.3. The van der Waals surface area contributed by atoms with Crippen molar-refractivity contribution in [1.82, 2.24) is 4.90 Å². The Morgan fingerprint density at radius 3 is 2.68 bits per heavy atom. The molecule has 3 N–H and O–H groups in total. The SMILES string of the molecule is NC(C(=O)N1CCCC1CC(=O)O)c1ccccc1. The first-order valence-corrected chi connectivity index (χ1v) is 6.42. The van der Waals surface area contributed by atoms with Gasteiger partial charge in [0.15, 0.2) is 0 Å². The number of amides is 1. The average Bonchev–Trinajstić information content (AvgIpc) is 2.85. The van der Waals surface area contributed by atoms with Gasteiger partial charge in [0, 0.05) is 12.6 Å². The minimum atomic E-state index is -0.877. The molecule has 0 bridgehead atoms.